The molecule has 0 aromatic carbocycles. The van der Waals surface area contributed by atoms with E-state index in [1.807, 2.05) is 20.8 Å². The van der Waals surface area contributed by atoms with E-state index in [1.54, 1.807) is 10.4 Å². The zero-order valence-corrected chi connectivity index (χ0v) is 15.9. The van der Waals surface area contributed by atoms with Crippen LogP contribution in [0.2, 0.25) is 0 Å². The molecule has 1 aromatic rings. The maximum absolute atomic E-state index is 13.0. The minimum absolute atomic E-state index is 0.0446. The number of rotatable bonds is 5. The normalized spacial score (nSPS) is 20.4. The van der Waals surface area contributed by atoms with E-state index in [1.165, 1.54) is 24.2 Å². The van der Waals surface area contributed by atoms with E-state index in [-0.39, 0.29) is 12.1 Å². The van der Waals surface area contributed by atoms with Gasteiger partial charge in [-0.3, -0.25) is 0 Å². The van der Waals surface area contributed by atoms with Crippen LogP contribution in [0.25, 0.3) is 0 Å². The van der Waals surface area contributed by atoms with Crippen LogP contribution in [0.1, 0.15) is 38.0 Å². The predicted molar refractivity (Wildman–Crippen MR) is 91.4 cm³/mol. The Balaban J connectivity index is 2.25. The van der Waals surface area contributed by atoms with Gasteiger partial charge in [0.2, 0.25) is 10.0 Å². The number of nitrogens with one attached hydrogen (secondary N) is 1. The molecule has 1 atom stereocenters. The minimum Gasteiger partial charge on any atom is -0.313 e. The highest BCUT2D eigenvalue weighted by Crippen LogP contribution is 2.32. The van der Waals surface area contributed by atoms with Crippen molar-refractivity contribution in [3.8, 4) is 0 Å². The number of sulfonamides is 1. The highest BCUT2D eigenvalue weighted by atomic mass is 79.9. The van der Waals surface area contributed by atoms with E-state index in [0.717, 1.165) is 21.6 Å². The summed E-state index contributed by atoms with van der Waals surface area (Å²) in [6.07, 6.45) is 3.40. The van der Waals surface area contributed by atoms with Gasteiger partial charge < -0.3 is 5.32 Å². The molecule has 4 nitrogen and oxygen atoms in total. The molecule has 1 aliphatic rings. The van der Waals surface area contributed by atoms with Gasteiger partial charge in [0.1, 0.15) is 0 Å². The van der Waals surface area contributed by atoms with E-state index in [9.17, 15) is 8.42 Å². The molecule has 0 spiro atoms. The van der Waals surface area contributed by atoms with E-state index in [2.05, 4.69) is 21.2 Å². The second-order valence-corrected chi connectivity index (χ2v) is 10.3. The molecule has 0 amide bonds. The average Bonchev–Trinajstić information content (AvgIpc) is 2.76. The molecule has 21 heavy (non-hydrogen) atoms. The molecule has 2 heterocycles. The molecule has 2 rings (SSSR count). The van der Waals surface area contributed by atoms with Crippen LogP contribution in [0.5, 0.6) is 0 Å². The molecule has 1 aromatic heterocycles. The lowest BCUT2D eigenvalue weighted by Crippen LogP contribution is -2.48. The van der Waals surface area contributed by atoms with Crippen LogP contribution in [0.3, 0.4) is 0 Å². The third kappa shape index (κ3) is 4.07. The fourth-order valence-electron chi connectivity index (χ4n) is 2.70. The van der Waals surface area contributed by atoms with Crippen LogP contribution >= 0.6 is 27.3 Å². The summed E-state index contributed by atoms with van der Waals surface area (Å²) in [4.78, 5) is 1.27. The van der Waals surface area contributed by atoms with Gasteiger partial charge >= 0.3 is 0 Å². The largest absolute Gasteiger partial charge is 0.313 e. The Morgan fingerprint density at radius 2 is 2.19 bits per heavy atom. The maximum atomic E-state index is 13.0. The molecule has 0 bridgehead atoms. The first-order chi connectivity index (χ1) is 9.82. The number of aryl methyl sites for hydroxylation is 1. The van der Waals surface area contributed by atoms with E-state index in [0.29, 0.717) is 11.4 Å². The number of thiophene rings is 1. The van der Waals surface area contributed by atoms with Crippen molar-refractivity contribution < 1.29 is 8.42 Å². The fourth-order valence-corrected chi connectivity index (χ4v) is 6.76. The smallest absolute Gasteiger partial charge is 0.244 e. The SMILES string of the molecule is Cc1sc(Br)cc1S(=O)(=O)N(CC1CCCCN1)C(C)C. The third-order valence-electron chi connectivity index (χ3n) is 3.82. The summed E-state index contributed by atoms with van der Waals surface area (Å²) in [5.41, 5.74) is 0. The quantitative estimate of drug-likeness (QED) is 0.832. The van der Waals surface area contributed by atoms with Gasteiger partial charge in [-0.1, -0.05) is 6.42 Å². The molecule has 120 valence electrons. The molecular formula is C14H23BrN2O2S2. The molecule has 1 unspecified atom stereocenters. The Labute approximate surface area is 140 Å². The number of hydrogen-bond donors (Lipinski definition) is 1. The highest BCUT2D eigenvalue weighted by molar-refractivity contribution is 9.11. The lowest BCUT2D eigenvalue weighted by atomic mass is 10.1. The topological polar surface area (TPSA) is 49.4 Å². The number of piperidine rings is 1. The van der Waals surface area contributed by atoms with Gasteiger partial charge in [-0.05, 0) is 62.2 Å². The first-order valence-electron chi connectivity index (χ1n) is 7.33. The summed E-state index contributed by atoms with van der Waals surface area (Å²) in [6.45, 7) is 7.28. The Hall–Kier alpha value is 0.0500. The van der Waals surface area contributed by atoms with E-state index in [4.69, 9.17) is 0 Å². The van der Waals surface area contributed by atoms with E-state index < -0.39 is 10.0 Å². The summed E-state index contributed by atoms with van der Waals surface area (Å²) in [5.74, 6) is 0. The molecule has 7 heteroatoms. The van der Waals surface area contributed by atoms with Crippen molar-refractivity contribution in [3.05, 3.63) is 14.7 Å². The Morgan fingerprint density at radius 3 is 2.67 bits per heavy atom. The number of halogens is 1. The third-order valence-corrected chi connectivity index (χ3v) is 7.67. The van der Waals surface area contributed by atoms with Gasteiger partial charge in [0, 0.05) is 23.5 Å². The Kier molecular flexibility index (Phi) is 5.87. The van der Waals surface area contributed by atoms with Crippen molar-refractivity contribution in [2.75, 3.05) is 13.1 Å². The van der Waals surface area contributed by atoms with Gasteiger partial charge in [-0.25, -0.2) is 8.42 Å². The van der Waals surface area contributed by atoms with Gasteiger partial charge in [0.05, 0.1) is 8.68 Å². The van der Waals surface area contributed by atoms with Crippen molar-refractivity contribution in [1.29, 1.82) is 0 Å². The monoisotopic (exact) mass is 394 g/mol. The molecule has 0 aliphatic carbocycles. The van der Waals surface area contributed by atoms with Crippen LogP contribution in [0, 0.1) is 6.92 Å². The first-order valence-corrected chi connectivity index (χ1v) is 10.4. The maximum Gasteiger partial charge on any atom is 0.244 e. The van der Waals surface area contributed by atoms with Gasteiger partial charge in [-0.2, -0.15) is 4.31 Å². The van der Waals surface area contributed by atoms with Crippen molar-refractivity contribution in [2.24, 2.45) is 0 Å². The van der Waals surface area contributed by atoms with Crippen molar-refractivity contribution >= 4 is 37.3 Å². The summed E-state index contributed by atoms with van der Waals surface area (Å²) in [6, 6.07) is 1.94. The molecule has 0 saturated carbocycles. The molecule has 0 radical (unpaired) electrons. The Morgan fingerprint density at radius 1 is 1.48 bits per heavy atom. The second-order valence-electron chi connectivity index (χ2n) is 5.79. The van der Waals surface area contributed by atoms with Gasteiger partial charge in [0.15, 0.2) is 0 Å². The van der Waals surface area contributed by atoms with Crippen molar-refractivity contribution in [3.63, 3.8) is 0 Å². The van der Waals surface area contributed by atoms with Gasteiger partial charge in [0.25, 0.3) is 0 Å². The fraction of sp³-hybridized carbons (Fsp3) is 0.714. The molecule has 1 saturated heterocycles. The summed E-state index contributed by atoms with van der Waals surface area (Å²) >= 11 is 4.85. The summed E-state index contributed by atoms with van der Waals surface area (Å²) < 4.78 is 28.4. The molecular weight excluding hydrogens is 372 g/mol. The standard InChI is InChI=1S/C14H23BrN2O2S2/c1-10(2)17(9-12-6-4-5-7-16-12)21(18,19)13-8-14(15)20-11(13)3/h8,10,12,16H,4-7,9H2,1-3H3. The van der Waals surface area contributed by atoms with Crippen LogP contribution in [-0.4, -0.2) is 37.9 Å². The van der Waals surface area contributed by atoms with Crippen molar-refractivity contribution in [1.82, 2.24) is 9.62 Å². The number of hydrogen-bond acceptors (Lipinski definition) is 4. The number of nitrogens with zero attached hydrogens (tertiary/aromatic N) is 1. The zero-order chi connectivity index (χ0) is 15.6. The van der Waals surface area contributed by atoms with Gasteiger partial charge in [-0.15, -0.1) is 11.3 Å². The van der Waals surface area contributed by atoms with Crippen LogP contribution < -0.4 is 5.32 Å². The first kappa shape index (κ1) is 17.4. The average molecular weight is 395 g/mol. The lowest BCUT2D eigenvalue weighted by molar-refractivity contribution is 0.282. The predicted octanol–water partition coefficient (Wildman–Crippen LogP) is 3.36. The summed E-state index contributed by atoms with van der Waals surface area (Å²) in [7, 11) is -3.44. The molecule has 1 N–H and O–H groups in total. The Bertz CT molecular complexity index is 578. The van der Waals surface area contributed by atoms with Crippen LogP contribution in [0.15, 0.2) is 14.7 Å². The van der Waals surface area contributed by atoms with E-state index >= 15 is 0 Å². The van der Waals surface area contributed by atoms with Crippen molar-refractivity contribution in [2.45, 2.75) is 57.0 Å². The highest BCUT2D eigenvalue weighted by Gasteiger charge is 2.31. The summed E-state index contributed by atoms with van der Waals surface area (Å²) in [5, 5.41) is 3.44. The minimum atomic E-state index is -3.44. The molecule has 1 aliphatic heterocycles. The van der Waals surface area contributed by atoms with Crippen LogP contribution in [-0.2, 0) is 10.0 Å². The second kappa shape index (κ2) is 7.08. The zero-order valence-electron chi connectivity index (χ0n) is 12.7. The van der Waals surface area contributed by atoms with Crippen LogP contribution in [0.4, 0.5) is 0 Å². The lowest BCUT2D eigenvalue weighted by Gasteiger charge is -2.32. The molecule has 1 fully saturated rings.